The highest BCUT2D eigenvalue weighted by Gasteiger charge is 2.51. The van der Waals surface area contributed by atoms with Gasteiger partial charge in [0.15, 0.2) is 0 Å². The molecule has 0 heterocycles. The number of hydrogen-bond acceptors (Lipinski definition) is 3. The third kappa shape index (κ3) is 12.3. The van der Waals surface area contributed by atoms with E-state index in [0.29, 0.717) is 6.61 Å². The Morgan fingerprint density at radius 3 is 1.93 bits per heavy atom. The molecule has 0 bridgehead atoms. The van der Waals surface area contributed by atoms with Crippen LogP contribution in [0.25, 0.3) is 0 Å². The lowest BCUT2D eigenvalue weighted by atomic mass is 10.1. The second kappa shape index (κ2) is 20.9. The largest absolute Gasteiger partial charge is 0.497 e. The lowest BCUT2D eigenvalue weighted by molar-refractivity contribution is 0.116. The summed E-state index contributed by atoms with van der Waals surface area (Å²) in [4.78, 5) is 0. The Kier molecular flexibility index (Phi) is 17.0. The minimum Gasteiger partial charge on any atom is -0.497 e. The maximum absolute atomic E-state index is 7.50. The minimum absolute atomic E-state index is 0.0163. The lowest BCUT2D eigenvalue weighted by Crippen LogP contribution is -2.67. The minimum atomic E-state index is -2.64. The summed E-state index contributed by atoms with van der Waals surface area (Å²) in [7, 11) is -0.949. The fraction of sp³-hybridized carbons (Fsp3) is 0.476. The molecule has 3 nitrogen and oxygen atoms in total. The van der Waals surface area contributed by atoms with E-state index in [-0.39, 0.29) is 11.1 Å². The van der Waals surface area contributed by atoms with Gasteiger partial charge in [0.25, 0.3) is 8.32 Å². The van der Waals surface area contributed by atoms with Crippen LogP contribution < -0.4 is 15.1 Å². The summed E-state index contributed by atoms with van der Waals surface area (Å²) in [6.07, 6.45) is 17.1. The summed E-state index contributed by atoms with van der Waals surface area (Å²) in [6.45, 7) is 10.8. The Morgan fingerprint density at radius 1 is 0.739 bits per heavy atom. The quantitative estimate of drug-likeness (QED) is 0.0700. The first-order valence-corrected chi connectivity index (χ1v) is 19.5. The highest BCUT2D eigenvalue weighted by Crippen LogP contribution is 2.38. The van der Waals surface area contributed by atoms with Crippen molar-refractivity contribution in [2.24, 2.45) is 0 Å². The number of rotatable bonds is 20. The zero-order valence-corrected chi connectivity index (χ0v) is 30.2. The average molecular weight is 639 g/mol. The summed E-state index contributed by atoms with van der Waals surface area (Å²) in [5.74, 6) is 7.55. The SMILES string of the molecule is CCCCCC#C/C=C/[C@H](CCCCCCCCOCc1ccc(OC)cc1)O[Si](c1ccccc1)(c1ccccc1)C(C)(C)C. The Labute approximate surface area is 281 Å². The van der Waals surface area contributed by atoms with E-state index in [9.17, 15) is 0 Å². The molecular formula is C42H58O3Si. The van der Waals surface area contributed by atoms with Gasteiger partial charge in [0, 0.05) is 13.0 Å². The van der Waals surface area contributed by atoms with Gasteiger partial charge in [0.05, 0.1) is 19.8 Å². The molecule has 0 fully saturated rings. The first kappa shape index (κ1) is 37.4. The third-order valence-electron chi connectivity index (χ3n) is 8.60. The molecule has 0 amide bonds. The molecule has 0 radical (unpaired) electrons. The van der Waals surface area contributed by atoms with E-state index in [1.165, 1.54) is 60.9 Å². The van der Waals surface area contributed by atoms with Crippen molar-refractivity contribution < 1.29 is 13.9 Å². The number of benzene rings is 3. The zero-order chi connectivity index (χ0) is 32.9. The van der Waals surface area contributed by atoms with Crippen molar-refractivity contribution in [2.45, 2.75) is 116 Å². The van der Waals surface area contributed by atoms with Crippen LogP contribution in [0.2, 0.25) is 5.04 Å². The molecule has 3 rings (SSSR count). The number of ether oxygens (including phenoxy) is 2. The number of hydrogen-bond donors (Lipinski definition) is 0. The molecule has 4 heteroatoms. The molecule has 0 aliphatic heterocycles. The molecule has 0 aromatic heterocycles. The Morgan fingerprint density at radius 2 is 1.35 bits per heavy atom. The lowest BCUT2D eigenvalue weighted by Gasteiger charge is -2.44. The molecule has 1 atom stereocenters. The summed E-state index contributed by atoms with van der Waals surface area (Å²) < 4.78 is 18.6. The molecule has 248 valence electrons. The van der Waals surface area contributed by atoms with Gasteiger partial charge in [-0.3, -0.25) is 0 Å². The molecule has 0 N–H and O–H groups in total. The highest BCUT2D eigenvalue weighted by molar-refractivity contribution is 6.99. The number of allylic oxidation sites excluding steroid dienone is 1. The van der Waals surface area contributed by atoms with Crippen LogP contribution in [0.3, 0.4) is 0 Å². The van der Waals surface area contributed by atoms with Crippen molar-refractivity contribution in [2.75, 3.05) is 13.7 Å². The predicted octanol–water partition coefficient (Wildman–Crippen LogP) is 10.0. The van der Waals surface area contributed by atoms with Crippen LogP contribution in [0, 0.1) is 11.8 Å². The van der Waals surface area contributed by atoms with Crippen LogP contribution >= 0.6 is 0 Å². The molecule has 0 unspecified atom stereocenters. The highest BCUT2D eigenvalue weighted by atomic mass is 28.4. The molecule has 0 saturated carbocycles. The molecule has 0 aliphatic rings. The van der Waals surface area contributed by atoms with Gasteiger partial charge in [-0.15, -0.1) is 0 Å². The van der Waals surface area contributed by atoms with E-state index in [2.05, 4.69) is 124 Å². The molecule has 3 aromatic rings. The van der Waals surface area contributed by atoms with Crippen LogP contribution in [-0.4, -0.2) is 28.1 Å². The van der Waals surface area contributed by atoms with E-state index in [4.69, 9.17) is 13.9 Å². The van der Waals surface area contributed by atoms with E-state index < -0.39 is 8.32 Å². The normalized spacial score (nSPS) is 12.5. The summed E-state index contributed by atoms with van der Waals surface area (Å²) in [5.41, 5.74) is 1.19. The van der Waals surface area contributed by atoms with Crippen LogP contribution in [0.4, 0.5) is 0 Å². The smallest absolute Gasteiger partial charge is 0.261 e. The second-order valence-corrected chi connectivity index (χ2v) is 17.5. The third-order valence-corrected chi connectivity index (χ3v) is 13.7. The van der Waals surface area contributed by atoms with Crippen LogP contribution in [0.15, 0.2) is 97.1 Å². The summed E-state index contributed by atoms with van der Waals surface area (Å²) in [6, 6.07) is 30.1. The Balaban J connectivity index is 1.59. The van der Waals surface area contributed by atoms with Gasteiger partial charge < -0.3 is 13.9 Å². The van der Waals surface area contributed by atoms with Gasteiger partial charge in [-0.1, -0.05) is 157 Å². The van der Waals surface area contributed by atoms with Gasteiger partial charge in [-0.2, -0.15) is 0 Å². The van der Waals surface area contributed by atoms with Crippen molar-refractivity contribution in [1.29, 1.82) is 0 Å². The standard InChI is InChI=1S/C42H58O3Si/c1-6-7-8-9-10-13-18-25-39(26-19-14-11-12-15-24-35-44-36-37-31-33-38(43-5)34-32-37)45-46(42(2,3)4,40-27-20-16-21-28-40)41-29-22-17-23-30-41/h16-18,20-23,25,27-34,39H,6-9,11-12,14-15,19,24,26,35-36H2,1-5H3/b25-18+/t39-/m1/s1. The second-order valence-electron chi connectivity index (χ2n) is 13.3. The zero-order valence-electron chi connectivity index (χ0n) is 29.2. The summed E-state index contributed by atoms with van der Waals surface area (Å²) >= 11 is 0. The fourth-order valence-electron chi connectivity index (χ4n) is 6.03. The van der Waals surface area contributed by atoms with Gasteiger partial charge in [0.1, 0.15) is 5.75 Å². The van der Waals surface area contributed by atoms with Crippen LogP contribution in [-0.2, 0) is 15.8 Å². The van der Waals surface area contributed by atoms with Gasteiger partial charge in [0.2, 0.25) is 0 Å². The fourth-order valence-corrected chi connectivity index (χ4v) is 10.7. The maximum Gasteiger partial charge on any atom is 0.261 e. The Hall–Kier alpha value is -3.10. The summed E-state index contributed by atoms with van der Waals surface area (Å²) in [5, 5.41) is 2.60. The van der Waals surface area contributed by atoms with Gasteiger partial charge >= 0.3 is 0 Å². The number of methoxy groups -OCH3 is 1. The van der Waals surface area contributed by atoms with Gasteiger partial charge in [-0.05, 0) is 64.5 Å². The van der Waals surface area contributed by atoms with Crippen molar-refractivity contribution in [3.05, 3.63) is 103 Å². The topological polar surface area (TPSA) is 27.7 Å². The van der Waals surface area contributed by atoms with E-state index in [1.807, 2.05) is 12.1 Å². The van der Waals surface area contributed by atoms with Gasteiger partial charge in [-0.25, -0.2) is 0 Å². The van der Waals surface area contributed by atoms with Crippen molar-refractivity contribution in [3.8, 4) is 17.6 Å². The van der Waals surface area contributed by atoms with E-state index in [0.717, 1.165) is 38.0 Å². The van der Waals surface area contributed by atoms with Crippen LogP contribution in [0.1, 0.15) is 104 Å². The van der Waals surface area contributed by atoms with Crippen molar-refractivity contribution in [1.82, 2.24) is 0 Å². The first-order chi connectivity index (χ1) is 22.4. The Bertz CT molecular complexity index is 1260. The average Bonchev–Trinajstić information content (AvgIpc) is 3.07. The molecule has 3 aromatic carbocycles. The van der Waals surface area contributed by atoms with E-state index in [1.54, 1.807) is 7.11 Å². The van der Waals surface area contributed by atoms with Crippen molar-refractivity contribution in [3.63, 3.8) is 0 Å². The molecule has 46 heavy (non-hydrogen) atoms. The molecule has 0 saturated heterocycles. The predicted molar refractivity (Wildman–Crippen MR) is 199 cm³/mol. The number of unbranched alkanes of at least 4 members (excludes halogenated alkanes) is 8. The molecule has 0 aliphatic carbocycles. The molecule has 0 spiro atoms. The van der Waals surface area contributed by atoms with Crippen LogP contribution in [0.5, 0.6) is 5.75 Å². The maximum atomic E-state index is 7.50. The van der Waals surface area contributed by atoms with E-state index >= 15 is 0 Å². The monoisotopic (exact) mass is 638 g/mol. The van der Waals surface area contributed by atoms with Crippen molar-refractivity contribution >= 4 is 18.7 Å². The first-order valence-electron chi connectivity index (χ1n) is 17.6. The molecular weight excluding hydrogens is 581 g/mol.